The van der Waals surface area contributed by atoms with E-state index in [1.807, 2.05) is 19.9 Å². The van der Waals surface area contributed by atoms with Gasteiger partial charge in [-0.2, -0.15) is 0 Å². The topological polar surface area (TPSA) is 0 Å². The monoisotopic (exact) mass is 152 g/mol. The summed E-state index contributed by atoms with van der Waals surface area (Å²) in [4.78, 5) is 0. The van der Waals surface area contributed by atoms with Gasteiger partial charge >= 0.3 is 0 Å². The van der Waals surface area contributed by atoms with Crippen molar-refractivity contribution in [1.82, 2.24) is 0 Å². The van der Waals surface area contributed by atoms with Gasteiger partial charge in [0.15, 0.2) is 0 Å². The Labute approximate surface area is 71.3 Å². The summed E-state index contributed by atoms with van der Waals surface area (Å²) in [6, 6.07) is 0. The van der Waals surface area contributed by atoms with Crippen LogP contribution in [0.3, 0.4) is 0 Å². The molecule has 0 heterocycles. The third-order valence-electron chi connectivity index (χ3n) is 1.27. The summed E-state index contributed by atoms with van der Waals surface area (Å²) in [5.41, 5.74) is 2.67. The lowest BCUT2D eigenvalue weighted by molar-refractivity contribution is 1.29. The molecule has 11 heavy (non-hydrogen) atoms. The zero-order valence-electron chi connectivity index (χ0n) is 8.44. The summed E-state index contributed by atoms with van der Waals surface area (Å²) >= 11 is 0. The van der Waals surface area contributed by atoms with E-state index in [4.69, 9.17) is 0 Å². The molecule has 0 nitrogen and oxygen atoms in total. The van der Waals surface area contributed by atoms with Gasteiger partial charge in [0.25, 0.3) is 0 Å². The molecular weight excluding hydrogens is 132 g/mol. The number of hydrogen-bond acceptors (Lipinski definition) is 0. The first-order valence-electron chi connectivity index (χ1n) is 4.11. The van der Waals surface area contributed by atoms with E-state index in [0.717, 1.165) is 0 Å². The predicted molar refractivity (Wildman–Crippen MR) is 54.7 cm³/mol. The van der Waals surface area contributed by atoms with Crippen molar-refractivity contribution in [3.8, 4) is 0 Å². The number of hydrogen-bond donors (Lipinski definition) is 0. The first-order valence-corrected chi connectivity index (χ1v) is 4.11. The summed E-state index contributed by atoms with van der Waals surface area (Å²) in [6.07, 6.45) is 5.79. The molecule has 0 radical (unpaired) electrons. The maximum atomic E-state index is 3.58. The van der Waals surface area contributed by atoms with Gasteiger partial charge in [0, 0.05) is 0 Å². The van der Waals surface area contributed by atoms with Crippen molar-refractivity contribution in [2.75, 3.05) is 0 Å². The fraction of sp³-hybridized carbons (Fsp3) is 0.455. The Hall–Kier alpha value is -0.780. The van der Waals surface area contributed by atoms with Gasteiger partial charge in [-0.1, -0.05) is 49.8 Å². The average Bonchev–Trinajstić information content (AvgIpc) is 2.03. The number of allylic oxidation sites excluding steroid dienone is 5. The molecule has 0 aliphatic carbocycles. The highest BCUT2D eigenvalue weighted by molar-refractivity contribution is 5.23. The van der Waals surface area contributed by atoms with E-state index in [-0.39, 0.29) is 0 Å². The van der Waals surface area contributed by atoms with Gasteiger partial charge < -0.3 is 0 Å². The van der Waals surface area contributed by atoms with E-state index in [9.17, 15) is 0 Å². The molecule has 0 saturated heterocycles. The molecule has 0 rings (SSSR count). The summed E-state index contributed by atoms with van der Waals surface area (Å²) in [7, 11) is 0. The molecule has 0 aromatic heterocycles. The van der Waals surface area contributed by atoms with Crippen molar-refractivity contribution in [2.45, 2.75) is 34.6 Å². The third-order valence-corrected chi connectivity index (χ3v) is 1.27. The molecule has 0 aliphatic rings. The molecule has 0 bridgehead atoms. The van der Waals surface area contributed by atoms with Gasteiger partial charge in [-0.25, -0.2) is 0 Å². The lowest BCUT2D eigenvalue weighted by Crippen LogP contribution is -1.71. The van der Waals surface area contributed by atoms with Crippen molar-refractivity contribution < 1.29 is 0 Å². The first kappa shape index (κ1) is 12.9. The fourth-order valence-electron chi connectivity index (χ4n) is 0.379. The minimum Gasteiger partial charge on any atom is -0.0991 e. The van der Waals surface area contributed by atoms with Crippen molar-refractivity contribution in [3.63, 3.8) is 0 Å². The zero-order valence-corrected chi connectivity index (χ0v) is 8.44. The highest BCUT2D eigenvalue weighted by atomic mass is 13.9. The molecule has 0 amide bonds. The second kappa shape index (κ2) is 9.22. The molecule has 64 valence electrons. The van der Waals surface area contributed by atoms with Crippen molar-refractivity contribution in [3.05, 3.63) is 36.0 Å². The normalized spacial score (nSPS) is 8.45. The van der Waals surface area contributed by atoms with Crippen molar-refractivity contribution >= 4 is 0 Å². The highest BCUT2D eigenvalue weighted by Gasteiger charge is 1.81. The smallest absolute Gasteiger partial charge is 0.0398 e. The zero-order chi connectivity index (χ0) is 9.28. The van der Waals surface area contributed by atoms with E-state index in [1.54, 1.807) is 6.08 Å². The van der Waals surface area contributed by atoms with Crippen LogP contribution < -0.4 is 0 Å². The molecule has 0 N–H and O–H groups in total. The van der Waals surface area contributed by atoms with Gasteiger partial charge in [-0.3, -0.25) is 0 Å². The lowest BCUT2D eigenvalue weighted by Gasteiger charge is -1.92. The molecule has 0 aliphatic heterocycles. The predicted octanol–water partition coefficient (Wildman–Crippen LogP) is 4.11. The van der Waals surface area contributed by atoms with Crippen LogP contribution in [0.5, 0.6) is 0 Å². The Morgan fingerprint density at radius 3 is 1.82 bits per heavy atom. The molecule has 0 heteroatoms. The molecule has 0 aromatic carbocycles. The minimum atomic E-state index is 1.31. The second-order valence-electron chi connectivity index (χ2n) is 2.28. The summed E-state index contributed by atoms with van der Waals surface area (Å²) < 4.78 is 0. The van der Waals surface area contributed by atoms with E-state index in [0.29, 0.717) is 0 Å². The van der Waals surface area contributed by atoms with Crippen LogP contribution >= 0.6 is 0 Å². The molecule has 0 fully saturated rings. The van der Waals surface area contributed by atoms with Crippen LogP contribution in [0.4, 0.5) is 0 Å². The molecule has 0 atom stereocenters. The quantitative estimate of drug-likeness (QED) is 0.522. The molecular formula is C11H20. The van der Waals surface area contributed by atoms with Crippen molar-refractivity contribution in [2.24, 2.45) is 0 Å². The minimum absolute atomic E-state index is 1.31. The first-order chi connectivity index (χ1) is 5.18. The Balaban J connectivity index is 0. The molecule has 0 aromatic rings. The van der Waals surface area contributed by atoms with Crippen LogP contribution in [0.25, 0.3) is 0 Å². The Kier molecular flexibility index (Phi) is 10.8. The molecule has 0 saturated carbocycles. The van der Waals surface area contributed by atoms with E-state index >= 15 is 0 Å². The lowest BCUT2D eigenvalue weighted by atomic mass is 10.2. The molecule has 0 spiro atoms. The Morgan fingerprint density at radius 1 is 1.09 bits per heavy atom. The SMILES string of the molecule is C=C/C=C\C(C)=C(C)C.CC. The Morgan fingerprint density at radius 2 is 1.55 bits per heavy atom. The number of rotatable bonds is 2. The van der Waals surface area contributed by atoms with E-state index < -0.39 is 0 Å². The van der Waals surface area contributed by atoms with Crippen LogP contribution in [0.1, 0.15) is 34.6 Å². The van der Waals surface area contributed by atoms with Crippen LogP contribution in [0.2, 0.25) is 0 Å². The van der Waals surface area contributed by atoms with Gasteiger partial charge in [-0.05, 0) is 20.8 Å². The maximum absolute atomic E-state index is 3.58. The van der Waals surface area contributed by atoms with Crippen LogP contribution in [-0.4, -0.2) is 0 Å². The van der Waals surface area contributed by atoms with Crippen LogP contribution in [0.15, 0.2) is 36.0 Å². The molecule has 0 unspecified atom stereocenters. The summed E-state index contributed by atoms with van der Waals surface area (Å²) in [6.45, 7) is 13.9. The van der Waals surface area contributed by atoms with E-state index in [1.165, 1.54) is 11.1 Å². The second-order valence-corrected chi connectivity index (χ2v) is 2.28. The van der Waals surface area contributed by atoms with Crippen LogP contribution in [0, 0.1) is 0 Å². The fourth-order valence-corrected chi connectivity index (χ4v) is 0.379. The average molecular weight is 152 g/mol. The van der Waals surface area contributed by atoms with E-state index in [2.05, 4.69) is 33.4 Å². The summed E-state index contributed by atoms with van der Waals surface area (Å²) in [5.74, 6) is 0. The van der Waals surface area contributed by atoms with Gasteiger partial charge in [-0.15, -0.1) is 0 Å². The van der Waals surface area contributed by atoms with Crippen LogP contribution in [-0.2, 0) is 0 Å². The van der Waals surface area contributed by atoms with Gasteiger partial charge in [0.2, 0.25) is 0 Å². The van der Waals surface area contributed by atoms with Gasteiger partial charge in [0.05, 0.1) is 0 Å². The third kappa shape index (κ3) is 9.22. The summed E-state index contributed by atoms with van der Waals surface area (Å²) in [5, 5.41) is 0. The van der Waals surface area contributed by atoms with Gasteiger partial charge in [0.1, 0.15) is 0 Å². The van der Waals surface area contributed by atoms with Crippen molar-refractivity contribution in [1.29, 1.82) is 0 Å². The standard InChI is InChI=1S/C9H14.C2H6/c1-5-6-7-9(4)8(2)3;1-2/h5-7H,1H2,2-4H3;1-2H3/b7-6-;. The maximum Gasteiger partial charge on any atom is -0.0398 e. The Bertz CT molecular complexity index is 143. The largest absolute Gasteiger partial charge is 0.0991 e. The highest BCUT2D eigenvalue weighted by Crippen LogP contribution is 2.02.